The Morgan fingerprint density at radius 3 is 2.48 bits per heavy atom. The van der Waals surface area contributed by atoms with Crippen LogP contribution in [-0.2, 0) is 21.1 Å². The summed E-state index contributed by atoms with van der Waals surface area (Å²) in [7, 11) is -3.08. The van der Waals surface area contributed by atoms with E-state index < -0.39 is 21.8 Å². The van der Waals surface area contributed by atoms with Crippen molar-refractivity contribution in [1.82, 2.24) is 15.2 Å². The molecule has 0 radical (unpaired) electrons. The number of aromatic nitrogens is 1. The number of hydrogen-bond acceptors (Lipinski definition) is 6. The molecule has 3 rings (SSSR count). The second-order valence-electron chi connectivity index (χ2n) is 7.00. The van der Waals surface area contributed by atoms with Gasteiger partial charge in [0, 0.05) is 19.5 Å². The molecule has 156 valence electrons. The van der Waals surface area contributed by atoms with Crippen molar-refractivity contribution in [2.45, 2.75) is 26.3 Å². The van der Waals surface area contributed by atoms with Gasteiger partial charge in [-0.1, -0.05) is 12.1 Å². The third kappa shape index (κ3) is 5.39. The van der Waals surface area contributed by atoms with Crippen LogP contribution < -0.4 is 5.32 Å². The Morgan fingerprint density at radius 2 is 1.86 bits per heavy atom. The first-order chi connectivity index (χ1) is 13.6. The van der Waals surface area contributed by atoms with Crippen LogP contribution in [0, 0.1) is 12.7 Å². The van der Waals surface area contributed by atoms with E-state index in [0.29, 0.717) is 17.0 Å². The van der Waals surface area contributed by atoms with Crippen molar-refractivity contribution in [1.29, 1.82) is 0 Å². The van der Waals surface area contributed by atoms with Crippen molar-refractivity contribution in [3.63, 3.8) is 0 Å². The molecule has 2 heterocycles. The molecule has 1 fully saturated rings. The minimum atomic E-state index is -3.08. The summed E-state index contributed by atoms with van der Waals surface area (Å²) in [6, 6.07) is 5.33. The summed E-state index contributed by atoms with van der Waals surface area (Å²) < 4.78 is 36.0. The van der Waals surface area contributed by atoms with Crippen molar-refractivity contribution >= 4 is 33.0 Å². The van der Waals surface area contributed by atoms with Gasteiger partial charge < -0.3 is 10.2 Å². The molecule has 2 aromatic rings. The molecule has 0 bridgehead atoms. The molecule has 10 heteroatoms. The van der Waals surface area contributed by atoms with E-state index in [2.05, 4.69) is 10.3 Å². The number of amides is 2. The summed E-state index contributed by atoms with van der Waals surface area (Å²) in [5.74, 6) is -1.12. The molecule has 1 saturated heterocycles. The van der Waals surface area contributed by atoms with Crippen molar-refractivity contribution in [3.05, 3.63) is 51.2 Å². The standard InChI is InChI=1S/C19H22FN3O4S2/c1-12-17(28-16(21-12)11-14-3-5-15(20)6-4-14)18(24)22-13(2)19(25)23-7-9-29(26,27)10-8-23/h3-6,13H,7-11H2,1-2H3,(H,22,24). The van der Waals surface area contributed by atoms with Gasteiger partial charge in [-0.15, -0.1) is 11.3 Å². The quantitative estimate of drug-likeness (QED) is 0.763. The molecule has 1 unspecified atom stereocenters. The molecule has 29 heavy (non-hydrogen) atoms. The maximum absolute atomic E-state index is 13.0. The maximum Gasteiger partial charge on any atom is 0.263 e. The average Bonchev–Trinajstić information content (AvgIpc) is 3.03. The van der Waals surface area contributed by atoms with E-state index in [-0.39, 0.29) is 36.3 Å². The lowest BCUT2D eigenvalue weighted by Gasteiger charge is -2.29. The number of carbonyl (C=O) groups is 2. The Bertz CT molecular complexity index is 1000. The Balaban J connectivity index is 1.62. The van der Waals surface area contributed by atoms with Gasteiger partial charge in [0.05, 0.1) is 22.2 Å². The monoisotopic (exact) mass is 439 g/mol. The van der Waals surface area contributed by atoms with Crippen LogP contribution in [0.15, 0.2) is 24.3 Å². The predicted octanol–water partition coefficient (Wildman–Crippen LogP) is 1.56. The smallest absolute Gasteiger partial charge is 0.263 e. The van der Waals surface area contributed by atoms with Crippen LogP contribution in [-0.4, -0.2) is 60.8 Å². The number of halogens is 1. The Kier molecular flexibility index (Phi) is 6.33. The van der Waals surface area contributed by atoms with Crippen molar-refractivity contribution in [3.8, 4) is 0 Å². The number of rotatable bonds is 5. The molecule has 2 amide bonds. The lowest BCUT2D eigenvalue weighted by atomic mass is 10.1. The van der Waals surface area contributed by atoms with Gasteiger partial charge in [-0.25, -0.2) is 17.8 Å². The fourth-order valence-corrected chi connectivity index (χ4v) is 5.25. The van der Waals surface area contributed by atoms with E-state index in [0.717, 1.165) is 10.6 Å². The predicted molar refractivity (Wildman–Crippen MR) is 108 cm³/mol. The number of sulfone groups is 1. The lowest BCUT2D eigenvalue weighted by molar-refractivity contribution is -0.132. The number of carbonyl (C=O) groups excluding carboxylic acids is 2. The first-order valence-corrected chi connectivity index (χ1v) is 11.8. The van der Waals surface area contributed by atoms with E-state index in [9.17, 15) is 22.4 Å². The van der Waals surface area contributed by atoms with Crippen LogP contribution in [0.2, 0.25) is 0 Å². The zero-order valence-electron chi connectivity index (χ0n) is 16.1. The SMILES string of the molecule is Cc1nc(Cc2ccc(F)cc2)sc1C(=O)NC(C)C(=O)N1CCS(=O)(=O)CC1. The summed E-state index contributed by atoms with van der Waals surface area (Å²) in [4.78, 5) is 31.4. The molecule has 1 aromatic carbocycles. The van der Waals surface area contributed by atoms with Gasteiger partial charge in [-0.2, -0.15) is 0 Å². The third-order valence-corrected chi connectivity index (χ3v) is 7.46. The molecule has 1 aromatic heterocycles. The summed E-state index contributed by atoms with van der Waals surface area (Å²) in [6.45, 7) is 3.59. The van der Waals surface area contributed by atoms with Gasteiger partial charge in [0.25, 0.3) is 5.91 Å². The number of nitrogens with one attached hydrogen (secondary N) is 1. The van der Waals surface area contributed by atoms with Crippen molar-refractivity contribution in [2.24, 2.45) is 0 Å². The first-order valence-electron chi connectivity index (χ1n) is 9.15. The van der Waals surface area contributed by atoms with Crippen LogP contribution >= 0.6 is 11.3 Å². The second-order valence-corrected chi connectivity index (χ2v) is 10.4. The molecular formula is C19H22FN3O4S2. The fourth-order valence-electron chi connectivity index (χ4n) is 3.05. The van der Waals surface area contributed by atoms with Crippen molar-refractivity contribution in [2.75, 3.05) is 24.6 Å². The van der Waals surface area contributed by atoms with Crippen LogP contribution in [0.25, 0.3) is 0 Å². The van der Waals surface area contributed by atoms with E-state index >= 15 is 0 Å². The molecule has 0 saturated carbocycles. The summed E-state index contributed by atoms with van der Waals surface area (Å²) in [5.41, 5.74) is 1.45. The number of hydrogen-bond donors (Lipinski definition) is 1. The fraction of sp³-hybridized carbons (Fsp3) is 0.421. The highest BCUT2D eigenvalue weighted by atomic mass is 32.2. The average molecular weight is 440 g/mol. The minimum absolute atomic E-state index is 0.0555. The van der Waals surface area contributed by atoms with Gasteiger partial charge in [-0.3, -0.25) is 9.59 Å². The lowest BCUT2D eigenvalue weighted by Crippen LogP contribution is -2.51. The van der Waals surface area contributed by atoms with E-state index in [1.165, 1.54) is 28.4 Å². The van der Waals surface area contributed by atoms with E-state index in [1.807, 2.05) is 0 Å². The Morgan fingerprint density at radius 1 is 1.24 bits per heavy atom. The molecule has 1 aliphatic heterocycles. The highest BCUT2D eigenvalue weighted by Crippen LogP contribution is 2.21. The van der Waals surface area contributed by atoms with Gasteiger partial charge in [0.2, 0.25) is 5.91 Å². The molecule has 1 atom stereocenters. The highest BCUT2D eigenvalue weighted by molar-refractivity contribution is 7.91. The summed E-state index contributed by atoms with van der Waals surface area (Å²) in [5, 5.41) is 3.40. The van der Waals surface area contributed by atoms with Crippen molar-refractivity contribution < 1.29 is 22.4 Å². The normalized spacial score (nSPS) is 17.0. The zero-order valence-corrected chi connectivity index (χ0v) is 17.8. The maximum atomic E-state index is 13.0. The van der Waals surface area contributed by atoms with Crippen LogP contribution in [0.5, 0.6) is 0 Å². The van der Waals surface area contributed by atoms with Gasteiger partial charge in [0.15, 0.2) is 9.84 Å². The molecule has 7 nitrogen and oxygen atoms in total. The van der Waals surface area contributed by atoms with Crippen LogP contribution in [0.1, 0.15) is 32.9 Å². The number of benzene rings is 1. The second kappa shape index (κ2) is 8.58. The van der Waals surface area contributed by atoms with Gasteiger partial charge in [-0.05, 0) is 31.5 Å². The summed E-state index contributed by atoms with van der Waals surface area (Å²) >= 11 is 1.23. The summed E-state index contributed by atoms with van der Waals surface area (Å²) in [6.07, 6.45) is 0.482. The molecule has 0 spiro atoms. The molecule has 1 aliphatic rings. The molecular weight excluding hydrogens is 417 g/mol. The highest BCUT2D eigenvalue weighted by Gasteiger charge is 2.29. The van der Waals surface area contributed by atoms with Gasteiger partial charge in [0.1, 0.15) is 16.7 Å². The topological polar surface area (TPSA) is 96.4 Å². The minimum Gasteiger partial charge on any atom is -0.340 e. The van der Waals surface area contributed by atoms with E-state index in [4.69, 9.17) is 0 Å². The number of nitrogens with zero attached hydrogens (tertiary/aromatic N) is 2. The zero-order chi connectivity index (χ0) is 21.2. The van der Waals surface area contributed by atoms with Crippen LogP contribution in [0.3, 0.4) is 0 Å². The third-order valence-electron chi connectivity index (χ3n) is 4.69. The first kappa shape index (κ1) is 21.4. The van der Waals surface area contributed by atoms with E-state index in [1.54, 1.807) is 26.0 Å². The number of thiazole rings is 1. The van der Waals surface area contributed by atoms with Gasteiger partial charge >= 0.3 is 0 Å². The Hall–Kier alpha value is -2.33. The largest absolute Gasteiger partial charge is 0.340 e. The molecule has 0 aliphatic carbocycles. The number of aryl methyl sites for hydroxylation is 1. The molecule has 1 N–H and O–H groups in total. The Labute approximate surface area is 172 Å². The van der Waals surface area contributed by atoms with Crippen LogP contribution in [0.4, 0.5) is 4.39 Å².